The van der Waals surface area contributed by atoms with Crippen molar-refractivity contribution in [2.45, 2.75) is 37.1 Å². The monoisotopic (exact) mass is 436 g/mol. The molecule has 1 aliphatic rings. The van der Waals surface area contributed by atoms with E-state index in [0.717, 1.165) is 37.9 Å². The van der Waals surface area contributed by atoms with Gasteiger partial charge in [-0.25, -0.2) is 13.1 Å². The van der Waals surface area contributed by atoms with E-state index in [1.54, 1.807) is 11.8 Å². The standard InChI is InChI=1S/C21H25ClN2O4S/c1-16(17-8-4-2-5-9-17)23-29(26,27)18-10-11-20(19(22)14-18)28-15-21(25)24-12-6-3-7-13-24/h2,4-5,8-11,14,16,23H,3,6-7,12-13,15H2,1H3/t16-/m0/s1. The van der Waals surface area contributed by atoms with E-state index in [1.807, 2.05) is 30.3 Å². The lowest BCUT2D eigenvalue weighted by molar-refractivity contribution is -0.134. The first-order valence-corrected chi connectivity index (χ1v) is 11.5. The lowest BCUT2D eigenvalue weighted by Gasteiger charge is -2.26. The highest BCUT2D eigenvalue weighted by molar-refractivity contribution is 7.89. The van der Waals surface area contributed by atoms with Crippen LogP contribution < -0.4 is 9.46 Å². The highest BCUT2D eigenvalue weighted by atomic mass is 35.5. The lowest BCUT2D eigenvalue weighted by atomic mass is 10.1. The summed E-state index contributed by atoms with van der Waals surface area (Å²) in [7, 11) is -3.76. The normalized spacial score (nSPS) is 15.7. The Morgan fingerprint density at radius 1 is 1.14 bits per heavy atom. The van der Waals surface area contributed by atoms with Gasteiger partial charge in [0, 0.05) is 19.1 Å². The van der Waals surface area contributed by atoms with Gasteiger partial charge in [0.1, 0.15) is 5.75 Å². The molecule has 1 amide bonds. The fraction of sp³-hybridized carbons (Fsp3) is 0.381. The molecule has 1 heterocycles. The van der Waals surface area contributed by atoms with Crippen molar-refractivity contribution < 1.29 is 17.9 Å². The Bertz CT molecular complexity index is 944. The first-order valence-electron chi connectivity index (χ1n) is 9.64. The topological polar surface area (TPSA) is 75.7 Å². The van der Waals surface area contributed by atoms with Crippen molar-refractivity contribution in [3.05, 3.63) is 59.1 Å². The molecule has 1 saturated heterocycles. The van der Waals surface area contributed by atoms with Gasteiger partial charge in [-0.05, 0) is 49.9 Å². The molecule has 0 aromatic heterocycles. The van der Waals surface area contributed by atoms with Gasteiger partial charge in [-0.2, -0.15) is 0 Å². The number of amides is 1. The molecule has 1 atom stereocenters. The number of piperidine rings is 1. The van der Waals surface area contributed by atoms with Crippen LogP contribution in [0.5, 0.6) is 5.75 Å². The molecule has 29 heavy (non-hydrogen) atoms. The molecule has 156 valence electrons. The van der Waals surface area contributed by atoms with Crippen molar-refractivity contribution in [2.24, 2.45) is 0 Å². The summed E-state index contributed by atoms with van der Waals surface area (Å²) >= 11 is 6.22. The Kier molecular flexibility index (Phi) is 7.16. The maximum absolute atomic E-state index is 12.7. The molecule has 0 spiro atoms. The average Bonchev–Trinajstić information content (AvgIpc) is 2.73. The number of likely N-dealkylation sites (tertiary alicyclic amines) is 1. The van der Waals surface area contributed by atoms with Crippen molar-refractivity contribution in [1.29, 1.82) is 0 Å². The maximum Gasteiger partial charge on any atom is 0.260 e. The van der Waals surface area contributed by atoms with Crippen LogP contribution in [0, 0.1) is 0 Å². The van der Waals surface area contributed by atoms with Crippen molar-refractivity contribution in [2.75, 3.05) is 19.7 Å². The summed E-state index contributed by atoms with van der Waals surface area (Å²) in [5.74, 6) is 0.197. The van der Waals surface area contributed by atoms with Crippen molar-refractivity contribution in [3.63, 3.8) is 0 Å². The van der Waals surface area contributed by atoms with Gasteiger partial charge in [-0.1, -0.05) is 41.9 Å². The first kappa shape index (κ1) is 21.6. The molecule has 3 rings (SSSR count). The number of halogens is 1. The minimum atomic E-state index is -3.76. The van der Waals surface area contributed by atoms with Crippen LogP contribution in [0.2, 0.25) is 5.02 Å². The zero-order valence-electron chi connectivity index (χ0n) is 16.3. The highest BCUT2D eigenvalue weighted by Gasteiger charge is 2.21. The number of hydrogen-bond acceptors (Lipinski definition) is 4. The fourth-order valence-electron chi connectivity index (χ4n) is 3.25. The quantitative estimate of drug-likeness (QED) is 0.716. The highest BCUT2D eigenvalue weighted by Crippen LogP contribution is 2.28. The van der Waals surface area contributed by atoms with Crippen LogP contribution in [0.1, 0.15) is 37.8 Å². The fourth-order valence-corrected chi connectivity index (χ4v) is 4.81. The van der Waals surface area contributed by atoms with Crippen LogP contribution in [-0.2, 0) is 14.8 Å². The maximum atomic E-state index is 12.7. The summed E-state index contributed by atoms with van der Waals surface area (Å²) in [6.45, 7) is 3.16. The number of nitrogens with one attached hydrogen (secondary N) is 1. The molecular formula is C21H25ClN2O4S. The van der Waals surface area contributed by atoms with Crippen LogP contribution in [0.3, 0.4) is 0 Å². The third kappa shape index (κ3) is 5.72. The second-order valence-electron chi connectivity index (χ2n) is 7.08. The molecule has 0 bridgehead atoms. The second-order valence-corrected chi connectivity index (χ2v) is 9.20. The summed E-state index contributed by atoms with van der Waals surface area (Å²) in [6.07, 6.45) is 3.16. The average molecular weight is 437 g/mol. The Balaban J connectivity index is 1.64. The number of benzene rings is 2. The van der Waals surface area contributed by atoms with E-state index in [0.29, 0.717) is 0 Å². The molecule has 1 fully saturated rings. The minimum absolute atomic E-state index is 0.0417. The molecule has 6 nitrogen and oxygen atoms in total. The Morgan fingerprint density at radius 3 is 2.48 bits per heavy atom. The molecule has 0 radical (unpaired) electrons. The van der Waals surface area contributed by atoms with Gasteiger partial charge in [0.25, 0.3) is 5.91 Å². The van der Waals surface area contributed by atoms with Gasteiger partial charge in [0.2, 0.25) is 10.0 Å². The molecule has 2 aromatic rings. The van der Waals surface area contributed by atoms with Gasteiger partial charge in [-0.15, -0.1) is 0 Å². The van der Waals surface area contributed by atoms with E-state index in [1.165, 1.54) is 18.2 Å². The predicted octanol–water partition coefficient (Wildman–Crippen LogP) is 3.77. The molecule has 1 N–H and O–H groups in total. The summed E-state index contributed by atoms with van der Waals surface area (Å²) < 4.78 is 33.5. The van der Waals surface area contributed by atoms with Crippen LogP contribution >= 0.6 is 11.6 Å². The minimum Gasteiger partial charge on any atom is -0.482 e. The molecule has 8 heteroatoms. The van der Waals surface area contributed by atoms with Gasteiger partial charge in [0.05, 0.1) is 9.92 Å². The summed E-state index contributed by atoms with van der Waals surface area (Å²) in [5, 5.41) is 0.145. The smallest absolute Gasteiger partial charge is 0.260 e. The van der Waals surface area contributed by atoms with Crippen molar-refractivity contribution in [1.82, 2.24) is 9.62 Å². The predicted molar refractivity (Wildman–Crippen MR) is 113 cm³/mol. The Morgan fingerprint density at radius 2 is 1.83 bits per heavy atom. The first-order chi connectivity index (χ1) is 13.9. The van der Waals surface area contributed by atoms with Gasteiger partial charge in [-0.3, -0.25) is 4.79 Å². The summed E-state index contributed by atoms with van der Waals surface area (Å²) in [6, 6.07) is 13.1. The molecule has 0 saturated carbocycles. The van der Waals surface area contributed by atoms with Crippen molar-refractivity contribution in [3.8, 4) is 5.75 Å². The molecule has 0 aliphatic carbocycles. The zero-order chi connectivity index (χ0) is 20.9. The van der Waals surface area contributed by atoms with E-state index in [4.69, 9.17) is 16.3 Å². The number of sulfonamides is 1. The number of nitrogens with zero attached hydrogens (tertiary/aromatic N) is 1. The summed E-state index contributed by atoms with van der Waals surface area (Å²) in [5.41, 5.74) is 0.860. The number of carbonyl (C=O) groups is 1. The number of ether oxygens (including phenoxy) is 1. The largest absolute Gasteiger partial charge is 0.482 e. The third-order valence-corrected chi connectivity index (χ3v) is 6.74. The number of carbonyl (C=O) groups excluding carboxylic acids is 1. The van der Waals surface area contributed by atoms with Crippen LogP contribution in [-0.4, -0.2) is 38.9 Å². The SMILES string of the molecule is C[C@H](NS(=O)(=O)c1ccc(OCC(=O)N2CCCCC2)c(Cl)c1)c1ccccc1. The van der Waals surface area contributed by atoms with Crippen molar-refractivity contribution >= 4 is 27.5 Å². The summed E-state index contributed by atoms with van der Waals surface area (Å²) in [4.78, 5) is 14.0. The third-order valence-electron chi connectivity index (χ3n) is 4.91. The molecular weight excluding hydrogens is 412 g/mol. The molecule has 0 unspecified atom stereocenters. The molecule has 1 aliphatic heterocycles. The van der Waals surface area contributed by atoms with Crippen LogP contribution in [0.4, 0.5) is 0 Å². The molecule has 2 aromatic carbocycles. The van der Waals surface area contributed by atoms with E-state index in [2.05, 4.69) is 4.72 Å². The van der Waals surface area contributed by atoms with Crippen LogP contribution in [0.25, 0.3) is 0 Å². The van der Waals surface area contributed by atoms with Gasteiger partial charge in [0.15, 0.2) is 6.61 Å². The second kappa shape index (κ2) is 9.61. The number of hydrogen-bond donors (Lipinski definition) is 1. The van der Waals surface area contributed by atoms with Gasteiger partial charge < -0.3 is 9.64 Å². The Hall–Kier alpha value is -2.09. The number of rotatable bonds is 7. The van der Waals surface area contributed by atoms with Gasteiger partial charge >= 0.3 is 0 Å². The van der Waals surface area contributed by atoms with E-state index >= 15 is 0 Å². The van der Waals surface area contributed by atoms with E-state index in [9.17, 15) is 13.2 Å². The zero-order valence-corrected chi connectivity index (χ0v) is 17.9. The van der Waals surface area contributed by atoms with E-state index in [-0.39, 0.29) is 28.2 Å². The lowest BCUT2D eigenvalue weighted by Crippen LogP contribution is -2.38. The van der Waals surface area contributed by atoms with Crippen LogP contribution in [0.15, 0.2) is 53.4 Å². The Labute approximate surface area is 176 Å². The van der Waals surface area contributed by atoms with E-state index < -0.39 is 16.1 Å².